The van der Waals surface area contributed by atoms with Gasteiger partial charge >= 0.3 is 0 Å². The Kier molecular flexibility index (Phi) is 5.83. The second-order valence-corrected chi connectivity index (χ2v) is 4.80. The van der Waals surface area contributed by atoms with Gasteiger partial charge in [0, 0.05) is 4.90 Å². The average molecular weight is 252 g/mol. The highest BCUT2D eigenvalue weighted by Crippen LogP contribution is 2.26. The van der Waals surface area contributed by atoms with Crippen molar-refractivity contribution in [3.05, 3.63) is 24.3 Å². The summed E-state index contributed by atoms with van der Waals surface area (Å²) in [6.45, 7) is 2.62. The summed E-state index contributed by atoms with van der Waals surface area (Å²) in [7, 11) is 0. The second-order valence-electron chi connectivity index (χ2n) is 2.69. The van der Waals surface area contributed by atoms with Crippen LogP contribution in [0.3, 0.4) is 0 Å². The van der Waals surface area contributed by atoms with Crippen LogP contribution in [0.5, 0.6) is 5.75 Å². The number of hydrogen-bond donors (Lipinski definition) is 0. The lowest BCUT2D eigenvalue weighted by Crippen LogP contribution is -1.90. The fraction of sp³-hybridized carbons (Fsp3) is 0.273. The van der Waals surface area contributed by atoms with Crippen molar-refractivity contribution >= 4 is 27.9 Å². The highest BCUT2D eigenvalue weighted by atomic mass is 32.2. The molecule has 0 N–H and O–H groups in total. The third-order valence-electron chi connectivity index (χ3n) is 1.66. The van der Waals surface area contributed by atoms with Gasteiger partial charge in [-0.25, -0.2) is 0 Å². The summed E-state index contributed by atoms with van der Waals surface area (Å²) in [6.07, 6.45) is 3.69. The first-order valence-corrected chi connectivity index (χ1v) is 6.75. The van der Waals surface area contributed by atoms with Crippen LogP contribution in [0.15, 0.2) is 34.2 Å². The summed E-state index contributed by atoms with van der Waals surface area (Å²) in [5, 5.41) is 8.48. The number of aliphatic imine (C=N–C) groups is 1. The largest absolute Gasteiger partial charge is 0.494 e. The molecule has 0 unspecified atom stereocenters. The van der Waals surface area contributed by atoms with Crippen LogP contribution < -0.4 is 4.74 Å². The molecule has 0 fully saturated rings. The molecule has 0 radical (unpaired) electrons. The summed E-state index contributed by atoms with van der Waals surface area (Å²) in [6, 6.07) is 7.74. The van der Waals surface area contributed by atoms with E-state index < -0.39 is 0 Å². The van der Waals surface area contributed by atoms with Gasteiger partial charge < -0.3 is 4.74 Å². The zero-order chi connectivity index (χ0) is 11.8. The van der Waals surface area contributed by atoms with E-state index in [0.717, 1.165) is 15.0 Å². The van der Waals surface area contributed by atoms with Crippen LogP contribution in [0.4, 0.5) is 0 Å². The summed E-state index contributed by atoms with van der Waals surface area (Å²) in [4.78, 5) is 4.76. The van der Waals surface area contributed by atoms with Crippen LogP contribution in [-0.4, -0.2) is 17.2 Å². The Morgan fingerprint density at radius 2 is 2.12 bits per heavy atom. The van der Waals surface area contributed by atoms with Gasteiger partial charge in [-0.05, 0) is 37.4 Å². The Balaban J connectivity index is 2.68. The monoisotopic (exact) mass is 252 g/mol. The van der Waals surface area contributed by atoms with E-state index >= 15 is 0 Å². The maximum Gasteiger partial charge on any atom is 0.207 e. The van der Waals surface area contributed by atoms with Crippen molar-refractivity contribution < 1.29 is 4.74 Å². The quantitative estimate of drug-likeness (QED) is 0.358. The van der Waals surface area contributed by atoms with Crippen LogP contribution in [-0.2, 0) is 0 Å². The predicted octanol–water partition coefficient (Wildman–Crippen LogP) is 3.38. The Labute approximate surface area is 104 Å². The predicted molar refractivity (Wildman–Crippen MR) is 70.0 cm³/mol. The van der Waals surface area contributed by atoms with E-state index in [-0.39, 0.29) is 0 Å². The molecule has 0 aliphatic rings. The zero-order valence-electron chi connectivity index (χ0n) is 9.14. The first kappa shape index (κ1) is 12.9. The number of ether oxygens (including phenoxy) is 1. The minimum absolute atomic E-state index is 0.665. The van der Waals surface area contributed by atoms with Gasteiger partial charge in [-0.2, -0.15) is 10.3 Å². The second kappa shape index (κ2) is 7.20. The molecule has 84 valence electrons. The van der Waals surface area contributed by atoms with E-state index in [1.807, 2.05) is 37.4 Å². The first-order valence-electron chi connectivity index (χ1n) is 4.71. The number of hydrogen-bond acceptors (Lipinski definition) is 5. The molecule has 3 nitrogen and oxygen atoms in total. The van der Waals surface area contributed by atoms with E-state index in [2.05, 4.69) is 4.99 Å². The highest BCUT2D eigenvalue weighted by molar-refractivity contribution is 8.38. The number of thioether (sulfide) groups is 2. The molecule has 0 saturated carbocycles. The topological polar surface area (TPSA) is 45.4 Å². The van der Waals surface area contributed by atoms with Crippen molar-refractivity contribution in [2.75, 3.05) is 12.9 Å². The van der Waals surface area contributed by atoms with Crippen molar-refractivity contribution in [1.29, 1.82) is 5.26 Å². The molecule has 0 atom stereocenters. The lowest BCUT2D eigenvalue weighted by molar-refractivity contribution is 0.340. The lowest BCUT2D eigenvalue weighted by Gasteiger charge is -2.04. The van der Waals surface area contributed by atoms with Gasteiger partial charge in [0.1, 0.15) is 10.1 Å². The third kappa shape index (κ3) is 4.17. The van der Waals surface area contributed by atoms with Gasteiger partial charge in [0.05, 0.1) is 6.61 Å². The Bertz CT molecular complexity index is 395. The average Bonchev–Trinajstić information content (AvgIpc) is 2.31. The van der Waals surface area contributed by atoms with Crippen LogP contribution in [0, 0.1) is 11.5 Å². The lowest BCUT2D eigenvalue weighted by atomic mass is 10.3. The minimum Gasteiger partial charge on any atom is -0.494 e. The van der Waals surface area contributed by atoms with Gasteiger partial charge in [-0.3, -0.25) is 0 Å². The summed E-state index contributed by atoms with van der Waals surface area (Å²) >= 11 is 2.94. The molecule has 0 amide bonds. The first-order chi connectivity index (χ1) is 7.80. The normalized spacial score (nSPS) is 10.9. The molecule has 1 rings (SSSR count). The van der Waals surface area contributed by atoms with Gasteiger partial charge in [0.25, 0.3) is 0 Å². The SMILES string of the molecule is CCOc1ccc(SC(=NC#N)SC)cc1. The number of nitrogens with zero attached hydrogens (tertiary/aromatic N) is 2. The van der Waals surface area contributed by atoms with Crippen molar-refractivity contribution in [1.82, 2.24) is 0 Å². The third-order valence-corrected chi connectivity index (χ3v) is 3.62. The molecule has 0 aromatic heterocycles. The van der Waals surface area contributed by atoms with Crippen molar-refractivity contribution in [3.63, 3.8) is 0 Å². The van der Waals surface area contributed by atoms with Crippen LogP contribution in [0.25, 0.3) is 0 Å². The van der Waals surface area contributed by atoms with Crippen molar-refractivity contribution in [3.8, 4) is 11.9 Å². The molecule has 0 bridgehead atoms. The molecule has 0 aliphatic heterocycles. The summed E-state index contributed by atoms with van der Waals surface area (Å²) in [5.41, 5.74) is 0. The summed E-state index contributed by atoms with van der Waals surface area (Å²) < 4.78 is 6.08. The van der Waals surface area contributed by atoms with Gasteiger partial charge in [-0.1, -0.05) is 11.8 Å². The fourth-order valence-electron chi connectivity index (χ4n) is 1.02. The fourth-order valence-corrected chi connectivity index (χ4v) is 2.34. The maximum absolute atomic E-state index is 8.48. The summed E-state index contributed by atoms with van der Waals surface area (Å²) in [5.74, 6) is 0.856. The molecule has 0 spiro atoms. The molecular formula is C11H12N2OS2. The van der Waals surface area contributed by atoms with E-state index in [4.69, 9.17) is 10.00 Å². The Hall–Kier alpha value is -1.12. The van der Waals surface area contributed by atoms with E-state index in [0.29, 0.717) is 6.61 Å². The van der Waals surface area contributed by atoms with Gasteiger partial charge in [-0.15, -0.1) is 11.8 Å². The number of nitriles is 1. The molecule has 16 heavy (non-hydrogen) atoms. The van der Waals surface area contributed by atoms with Crippen LogP contribution in [0.1, 0.15) is 6.92 Å². The molecule has 0 aliphatic carbocycles. The van der Waals surface area contributed by atoms with Crippen LogP contribution >= 0.6 is 23.5 Å². The van der Waals surface area contributed by atoms with E-state index in [1.54, 1.807) is 6.19 Å². The van der Waals surface area contributed by atoms with E-state index in [9.17, 15) is 0 Å². The smallest absolute Gasteiger partial charge is 0.207 e. The zero-order valence-corrected chi connectivity index (χ0v) is 10.8. The van der Waals surface area contributed by atoms with E-state index in [1.165, 1.54) is 23.5 Å². The Morgan fingerprint density at radius 1 is 1.44 bits per heavy atom. The van der Waals surface area contributed by atoms with Gasteiger partial charge in [0.15, 0.2) is 0 Å². The standard InChI is InChI=1S/C11H12N2OS2/c1-3-14-9-4-6-10(7-5-9)16-11(15-2)13-8-12/h4-7H,3H2,1-2H3. The van der Waals surface area contributed by atoms with Crippen LogP contribution in [0.2, 0.25) is 0 Å². The van der Waals surface area contributed by atoms with Gasteiger partial charge in [0.2, 0.25) is 6.19 Å². The minimum atomic E-state index is 0.665. The van der Waals surface area contributed by atoms with Crippen molar-refractivity contribution in [2.45, 2.75) is 11.8 Å². The van der Waals surface area contributed by atoms with Crippen molar-refractivity contribution in [2.24, 2.45) is 4.99 Å². The molecule has 5 heteroatoms. The number of rotatable bonds is 3. The highest BCUT2D eigenvalue weighted by Gasteiger charge is 2.01. The molecule has 1 aromatic rings. The molecular weight excluding hydrogens is 240 g/mol. The molecule has 0 saturated heterocycles. The molecule has 0 heterocycles. The Morgan fingerprint density at radius 3 is 2.62 bits per heavy atom. The molecule has 1 aromatic carbocycles. The maximum atomic E-state index is 8.48. The number of benzene rings is 1.